The van der Waals surface area contributed by atoms with Gasteiger partial charge in [-0.2, -0.15) is 0 Å². The summed E-state index contributed by atoms with van der Waals surface area (Å²) in [5, 5.41) is 0. The van der Waals surface area contributed by atoms with Gasteiger partial charge in [-0.15, -0.1) is 0 Å². The molecule has 1 aliphatic heterocycles. The molecule has 1 heterocycles. The number of carbonyl (C=O) groups is 2. The minimum Gasteiger partial charge on any atom is -0.444 e. The molecule has 21 heavy (non-hydrogen) atoms. The summed E-state index contributed by atoms with van der Waals surface area (Å²) in [5.74, 6) is 0.0511. The first-order valence-electron chi connectivity index (χ1n) is 7.36. The Kier molecular flexibility index (Phi) is 4.66. The van der Waals surface area contributed by atoms with Crippen LogP contribution in [0.25, 0.3) is 0 Å². The lowest BCUT2D eigenvalue weighted by Crippen LogP contribution is -2.35. The van der Waals surface area contributed by atoms with E-state index in [2.05, 4.69) is 12.1 Å². The Morgan fingerprint density at radius 3 is 2.52 bits per heavy atom. The summed E-state index contributed by atoms with van der Waals surface area (Å²) in [6, 6.07) is 10.1. The number of nitrogens with zero attached hydrogens (tertiary/aromatic N) is 1. The number of ether oxygens (including phenoxy) is 1. The molecule has 2 unspecified atom stereocenters. The van der Waals surface area contributed by atoms with E-state index < -0.39 is 5.60 Å². The summed E-state index contributed by atoms with van der Waals surface area (Å²) < 4.78 is 5.38. The lowest BCUT2D eigenvalue weighted by atomic mass is 9.91. The monoisotopic (exact) mass is 289 g/mol. The molecule has 0 radical (unpaired) electrons. The first-order chi connectivity index (χ1) is 9.89. The van der Waals surface area contributed by atoms with Crippen molar-refractivity contribution in [2.24, 2.45) is 11.8 Å². The molecule has 0 N–H and O–H groups in total. The number of hydrogen-bond donors (Lipinski definition) is 0. The number of carbonyl (C=O) groups excluding carboxylic acids is 2. The lowest BCUT2D eigenvalue weighted by molar-refractivity contribution is -0.111. The summed E-state index contributed by atoms with van der Waals surface area (Å²) in [5.41, 5.74) is 0.686. The molecule has 1 amide bonds. The van der Waals surface area contributed by atoms with E-state index in [0.29, 0.717) is 13.1 Å². The van der Waals surface area contributed by atoms with Crippen LogP contribution in [0.15, 0.2) is 30.3 Å². The van der Waals surface area contributed by atoms with Crippen molar-refractivity contribution in [2.45, 2.75) is 32.8 Å². The van der Waals surface area contributed by atoms with E-state index in [-0.39, 0.29) is 17.9 Å². The molecule has 2 atom stereocenters. The molecule has 0 spiro atoms. The summed E-state index contributed by atoms with van der Waals surface area (Å²) in [7, 11) is 0. The van der Waals surface area contributed by atoms with E-state index in [1.165, 1.54) is 5.56 Å². The lowest BCUT2D eigenvalue weighted by Gasteiger charge is -2.24. The van der Waals surface area contributed by atoms with Crippen LogP contribution in [0.2, 0.25) is 0 Å². The molecule has 2 rings (SSSR count). The normalized spacial score (nSPS) is 22.1. The van der Waals surface area contributed by atoms with Gasteiger partial charge in [0, 0.05) is 19.0 Å². The van der Waals surface area contributed by atoms with Crippen molar-refractivity contribution in [1.82, 2.24) is 4.90 Å². The number of likely N-dealkylation sites (tertiary alicyclic amines) is 1. The summed E-state index contributed by atoms with van der Waals surface area (Å²) >= 11 is 0. The van der Waals surface area contributed by atoms with Crippen LogP contribution in [-0.4, -0.2) is 36.0 Å². The average molecular weight is 289 g/mol. The van der Waals surface area contributed by atoms with Gasteiger partial charge in [0.2, 0.25) is 0 Å². The zero-order valence-corrected chi connectivity index (χ0v) is 12.9. The molecule has 1 aromatic carbocycles. The van der Waals surface area contributed by atoms with Crippen molar-refractivity contribution in [3.8, 4) is 0 Å². The topological polar surface area (TPSA) is 46.6 Å². The van der Waals surface area contributed by atoms with Crippen molar-refractivity contribution >= 4 is 12.4 Å². The second-order valence-electron chi connectivity index (χ2n) is 6.64. The maximum Gasteiger partial charge on any atom is 0.410 e. The molecule has 0 aromatic heterocycles. The van der Waals surface area contributed by atoms with E-state index in [1.54, 1.807) is 4.90 Å². The highest BCUT2D eigenvalue weighted by molar-refractivity contribution is 5.70. The second kappa shape index (κ2) is 6.29. The fraction of sp³-hybridized carbons (Fsp3) is 0.529. The predicted octanol–water partition coefficient (Wildman–Crippen LogP) is 2.91. The quantitative estimate of drug-likeness (QED) is 0.804. The van der Waals surface area contributed by atoms with Crippen LogP contribution >= 0.6 is 0 Å². The molecule has 4 heteroatoms. The first kappa shape index (κ1) is 15.5. The Labute approximate surface area is 126 Å². The molecule has 0 bridgehead atoms. The number of rotatable bonds is 3. The van der Waals surface area contributed by atoms with Gasteiger partial charge in [0.1, 0.15) is 11.9 Å². The van der Waals surface area contributed by atoms with Crippen LogP contribution in [0, 0.1) is 11.8 Å². The number of amides is 1. The Hall–Kier alpha value is -1.84. The van der Waals surface area contributed by atoms with E-state index in [0.717, 1.165) is 12.7 Å². The molecule has 1 aliphatic rings. The molecular weight excluding hydrogens is 266 g/mol. The second-order valence-corrected chi connectivity index (χ2v) is 6.64. The van der Waals surface area contributed by atoms with Crippen LogP contribution in [0.4, 0.5) is 4.79 Å². The zero-order chi connectivity index (χ0) is 15.5. The van der Waals surface area contributed by atoms with Gasteiger partial charge in [-0.1, -0.05) is 30.3 Å². The highest BCUT2D eigenvalue weighted by Gasteiger charge is 2.36. The fourth-order valence-electron chi connectivity index (χ4n) is 2.66. The van der Waals surface area contributed by atoms with E-state index >= 15 is 0 Å². The molecule has 0 aliphatic carbocycles. The van der Waals surface area contributed by atoms with Crippen molar-refractivity contribution in [2.75, 3.05) is 13.1 Å². The standard InChI is InChI=1S/C17H23NO3/c1-17(2,3)21-16(20)18-10-14(15(11-18)12-19)9-13-7-5-4-6-8-13/h4-8,12,14-15H,9-11H2,1-3H3. The van der Waals surface area contributed by atoms with E-state index in [4.69, 9.17) is 4.74 Å². The Bertz CT molecular complexity index is 493. The molecule has 1 aromatic rings. The average Bonchev–Trinajstić information content (AvgIpc) is 2.81. The third kappa shape index (κ3) is 4.31. The maximum atomic E-state index is 12.1. The van der Waals surface area contributed by atoms with Gasteiger partial charge in [-0.3, -0.25) is 0 Å². The summed E-state index contributed by atoms with van der Waals surface area (Å²) in [6.45, 7) is 6.57. The Morgan fingerprint density at radius 2 is 1.95 bits per heavy atom. The van der Waals surface area contributed by atoms with Gasteiger partial charge in [-0.05, 0) is 38.7 Å². The Balaban J connectivity index is 2.00. The van der Waals surface area contributed by atoms with Crippen LogP contribution < -0.4 is 0 Å². The minimum absolute atomic E-state index is 0.113. The predicted molar refractivity (Wildman–Crippen MR) is 81.0 cm³/mol. The summed E-state index contributed by atoms with van der Waals surface area (Å²) in [4.78, 5) is 25.0. The van der Waals surface area contributed by atoms with Gasteiger partial charge < -0.3 is 14.4 Å². The number of aldehydes is 1. The van der Waals surface area contributed by atoms with Crippen LogP contribution in [-0.2, 0) is 16.0 Å². The van der Waals surface area contributed by atoms with Crippen LogP contribution in [0.5, 0.6) is 0 Å². The maximum absolute atomic E-state index is 12.1. The molecule has 0 saturated carbocycles. The smallest absolute Gasteiger partial charge is 0.410 e. The largest absolute Gasteiger partial charge is 0.444 e. The molecule has 1 fully saturated rings. The van der Waals surface area contributed by atoms with Crippen LogP contribution in [0.3, 0.4) is 0 Å². The van der Waals surface area contributed by atoms with Gasteiger partial charge in [0.15, 0.2) is 0 Å². The van der Waals surface area contributed by atoms with Crippen molar-refractivity contribution < 1.29 is 14.3 Å². The van der Waals surface area contributed by atoms with E-state index in [1.807, 2.05) is 39.0 Å². The van der Waals surface area contributed by atoms with Gasteiger partial charge in [-0.25, -0.2) is 4.79 Å². The highest BCUT2D eigenvalue weighted by atomic mass is 16.6. The van der Waals surface area contributed by atoms with Crippen molar-refractivity contribution in [1.29, 1.82) is 0 Å². The van der Waals surface area contributed by atoms with E-state index in [9.17, 15) is 9.59 Å². The zero-order valence-electron chi connectivity index (χ0n) is 12.9. The third-order valence-electron chi connectivity index (χ3n) is 3.66. The SMILES string of the molecule is CC(C)(C)OC(=O)N1CC(C=O)C(Cc2ccccc2)C1. The molecular formula is C17H23NO3. The number of benzene rings is 1. The fourth-order valence-corrected chi connectivity index (χ4v) is 2.66. The molecule has 114 valence electrons. The Morgan fingerprint density at radius 1 is 1.29 bits per heavy atom. The first-order valence-corrected chi connectivity index (χ1v) is 7.36. The summed E-state index contributed by atoms with van der Waals surface area (Å²) in [6.07, 6.45) is 1.45. The van der Waals surface area contributed by atoms with Gasteiger partial charge >= 0.3 is 6.09 Å². The van der Waals surface area contributed by atoms with Gasteiger partial charge in [0.05, 0.1) is 0 Å². The molecule has 4 nitrogen and oxygen atoms in total. The highest BCUT2D eigenvalue weighted by Crippen LogP contribution is 2.27. The van der Waals surface area contributed by atoms with Gasteiger partial charge in [0.25, 0.3) is 0 Å². The van der Waals surface area contributed by atoms with Crippen molar-refractivity contribution in [3.05, 3.63) is 35.9 Å². The molecule has 1 saturated heterocycles. The third-order valence-corrected chi connectivity index (χ3v) is 3.66. The van der Waals surface area contributed by atoms with Crippen molar-refractivity contribution in [3.63, 3.8) is 0 Å². The minimum atomic E-state index is -0.509. The number of hydrogen-bond acceptors (Lipinski definition) is 3. The van der Waals surface area contributed by atoms with Crippen LogP contribution in [0.1, 0.15) is 26.3 Å².